The summed E-state index contributed by atoms with van der Waals surface area (Å²) >= 11 is 1.55. The topological polar surface area (TPSA) is 95.7 Å². The van der Waals surface area contributed by atoms with E-state index >= 15 is 0 Å². The molecule has 0 saturated carbocycles. The Balaban J connectivity index is 1.59. The molecule has 1 unspecified atom stereocenters. The molecule has 0 aliphatic rings. The molecule has 4 rings (SSSR count). The highest BCUT2D eigenvalue weighted by atomic mass is 32.1. The minimum Gasteiger partial charge on any atom is -0.354 e. The number of nitrogens with one attached hydrogen (secondary N) is 1. The molecule has 0 spiro atoms. The second-order valence-corrected chi connectivity index (χ2v) is 13.3. The first-order valence-corrected chi connectivity index (χ1v) is 16.8. The predicted octanol–water partition coefficient (Wildman–Crippen LogP) is 5.77. The van der Waals surface area contributed by atoms with Gasteiger partial charge in [-0.15, -0.1) is 11.3 Å². The average molecular weight is 639 g/mol. The van der Waals surface area contributed by atoms with Crippen molar-refractivity contribution in [2.24, 2.45) is 5.73 Å². The van der Waals surface area contributed by atoms with Crippen molar-refractivity contribution < 1.29 is 14.4 Å². The third-order valence-corrected chi connectivity index (χ3v) is 9.54. The van der Waals surface area contributed by atoms with Crippen molar-refractivity contribution in [3.05, 3.63) is 118 Å². The minimum absolute atomic E-state index is 0.222. The van der Waals surface area contributed by atoms with Gasteiger partial charge in [-0.3, -0.25) is 14.4 Å². The highest BCUT2D eigenvalue weighted by Crippen LogP contribution is 2.21. The van der Waals surface area contributed by atoms with Crippen molar-refractivity contribution in [3.63, 3.8) is 0 Å². The van der Waals surface area contributed by atoms with Crippen molar-refractivity contribution in [1.82, 2.24) is 15.1 Å². The van der Waals surface area contributed by atoms with Gasteiger partial charge in [0.05, 0.1) is 0 Å². The zero-order valence-electron chi connectivity index (χ0n) is 27.3. The lowest BCUT2D eigenvalue weighted by Gasteiger charge is -2.34. The Hall–Kier alpha value is -4.27. The predicted molar refractivity (Wildman–Crippen MR) is 189 cm³/mol. The van der Waals surface area contributed by atoms with Gasteiger partial charge in [-0.25, -0.2) is 0 Å². The van der Waals surface area contributed by atoms with Crippen LogP contribution in [-0.2, 0) is 33.6 Å². The summed E-state index contributed by atoms with van der Waals surface area (Å²) in [4.78, 5) is 45.6. The molecule has 7 nitrogen and oxygen atoms in total. The standard InChI is InChI=1S/C38H46N4O3S/c1-5-38(2,39)22-11-18-35(43)41(3)34(26-29-19-20-30-15-9-10-16-31(30)25-29)37(45)42(4)33(27-32-17-12-24-46-32)36(44)40-23-21-28-13-7-6-8-14-28/h6-20,24-25,33-34H,5,21-23,26-27,39H2,1-4H3,(H,40,44)/b18-11+/t33-,34-,38?/m1/s1. The molecule has 242 valence electrons. The molecule has 4 aromatic rings. The van der Waals surface area contributed by atoms with E-state index in [0.717, 1.165) is 33.2 Å². The van der Waals surface area contributed by atoms with Gasteiger partial charge in [-0.1, -0.05) is 91.9 Å². The summed E-state index contributed by atoms with van der Waals surface area (Å²) in [5.74, 6) is -0.809. The zero-order chi connectivity index (χ0) is 33.1. The Kier molecular flexibility index (Phi) is 12.3. The zero-order valence-corrected chi connectivity index (χ0v) is 28.1. The van der Waals surface area contributed by atoms with Crippen LogP contribution in [-0.4, -0.2) is 65.8 Å². The molecule has 3 N–H and O–H groups in total. The van der Waals surface area contributed by atoms with Crippen LogP contribution in [0.1, 0.15) is 42.7 Å². The van der Waals surface area contributed by atoms with Crippen molar-refractivity contribution in [2.75, 3.05) is 20.6 Å². The smallest absolute Gasteiger partial charge is 0.246 e. The Morgan fingerprint density at radius 3 is 2.28 bits per heavy atom. The number of rotatable bonds is 15. The van der Waals surface area contributed by atoms with E-state index in [1.807, 2.05) is 98.1 Å². The van der Waals surface area contributed by atoms with Gasteiger partial charge in [0.15, 0.2) is 0 Å². The van der Waals surface area contributed by atoms with E-state index in [0.29, 0.717) is 32.2 Å². The number of nitrogens with zero attached hydrogens (tertiary/aromatic N) is 2. The second kappa shape index (κ2) is 16.3. The Morgan fingerprint density at radius 2 is 1.59 bits per heavy atom. The number of amides is 3. The molecule has 0 bridgehead atoms. The maximum absolute atomic E-state index is 14.4. The quantitative estimate of drug-likeness (QED) is 0.162. The lowest BCUT2D eigenvalue weighted by molar-refractivity contribution is -0.146. The number of hydrogen-bond donors (Lipinski definition) is 2. The molecule has 46 heavy (non-hydrogen) atoms. The SMILES string of the molecule is CCC(C)(N)C/C=C/C(=O)N(C)[C@H](Cc1ccc2ccccc2c1)C(=O)N(C)[C@H](Cc1cccs1)C(=O)NCCc1ccccc1. The third kappa shape index (κ3) is 9.61. The first-order chi connectivity index (χ1) is 22.1. The molecule has 0 fully saturated rings. The Morgan fingerprint density at radius 1 is 0.870 bits per heavy atom. The summed E-state index contributed by atoms with van der Waals surface area (Å²) in [6.07, 6.45) is 5.96. The van der Waals surface area contributed by atoms with Crippen molar-refractivity contribution in [2.45, 2.75) is 63.6 Å². The molecule has 0 aliphatic heterocycles. The summed E-state index contributed by atoms with van der Waals surface area (Å²) < 4.78 is 0. The summed E-state index contributed by atoms with van der Waals surface area (Å²) in [6, 6.07) is 26.5. The van der Waals surface area contributed by atoms with Gasteiger partial charge in [0.25, 0.3) is 0 Å². The number of benzene rings is 3. The second-order valence-electron chi connectivity index (χ2n) is 12.2. The van der Waals surface area contributed by atoms with Crippen molar-refractivity contribution in [3.8, 4) is 0 Å². The lowest BCUT2D eigenvalue weighted by Crippen LogP contribution is -2.56. The summed E-state index contributed by atoms with van der Waals surface area (Å²) in [5.41, 5.74) is 7.92. The van der Waals surface area contributed by atoms with Crippen LogP contribution in [0.3, 0.4) is 0 Å². The maximum atomic E-state index is 14.4. The van der Waals surface area contributed by atoms with E-state index in [1.54, 1.807) is 31.5 Å². The van der Waals surface area contributed by atoms with Gasteiger partial charge in [0, 0.05) is 43.9 Å². The Bertz CT molecular complexity index is 1620. The summed E-state index contributed by atoms with van der Waals surface area (Å²) in [7, 11) is 3.32. The van der Waals surface area contributed by atoms with E-state index in [1.165, 1.54) is 15.9 Å². The van der Waals surface area contributed by atoms with Crippen LogP contribution in [0.25, 0.3) is 10.8 Å². The summed E-state index contributed by atoms with van der Waals surface area (Å²) in [5, 5.41) is 7.18. The van der Waals surface area contributed by atoms with Crippen molar-refractivity contribution >= 4 is 39.8 Å². The molecule has 0 saturated heterocycles. The van der Waals surface area contributed by atoms with Crippen LogP contribution >= 0.6 is 11.3 Å². The highest BCUT2D eigenvalue weighted by molar-refractivity contribution is 7.09. The van der Waals surface area contributed by atoms with Gasteiger partial charge < -0.3 is 20.9 Å². The van der Waals surface area contributed by atoms with Crippen LogP contribution in [0, 0.1) is 0 Å². The van der Waals surface area contributed by atoms with Gasteiger partial charge in [0.1, 0.15) is 12.1 Å². The normalized spacial score (nSPS) is 14.0. The lowest BCUT2D eigenvalue weighted by atomic mass is 9.96. The number of thiophene rings is 1. The molecule has 3 atom stereocenters. The van der Waals surface area contributed by atoms with Crippen LogP contribution in [0.2, 0.25) is 0 Å². The highest BCUT2D eigenvalue weighted by Gasteiger charge is 2.35. The van der Waals surface area contributed by atoms with Crippen LogP contribution < -0.4 is 11.1 Å². The molecular formula is C38H46N4O3S. The molecule has 3 amide bonds. The van der Waals surface area contributed by atoms with Crippen molar-refractivity contribution in [1.29, 1.82) is 0 Å². The van der Waals surface area contributed by atoms with E-state index in [2.05, 4.69) is 11.4 Å². The van der Waals surface area contributed by atoms with Crippen LogP contribution in [0.15, 0.2) is 102 Å². The largest absolute Gasteiger partial charge is 0.354 e. The van der Waals surface area contributed by atoms with Gasteiger partial charge in [-0.2, -0.15) is 0 Å². The molecule has 0 radical (unpaired) electrons. The van der Waals surface area contributed by atoms with Crippen LogP contribution in [0.5, 0.6) is 0 Å². The maximum Gasteiger partial charge on any atom is 0.246 e. The fraction of sp³-hybridized carbons (Fsp3) is 0.342. The molecule has 1 heterocycles. The molecular weight excluding hydrogens is 593 g/mol. The summed E-state index contributed by atoms with van der Waals surface area (Å²) in [6.45, 7) is 4.42. The third-order valence-electron chi connectivity index (χ3n) is 8.64. The minimum atomic E-state index is -0.832. The van der Waals surface area contributed by atoms with Gasteiger partial charge in [0.2, 0.25) is 17.7 Å². The van der Waals surface area contributed by atoms with Gasteiger partial charge in [-0.05, 0) is 65.6 Å². The monoisotopic (exact) mass is 638 g/mol. The number of carbonyl (C=O) groups excluding carboxylic acids is 3. The molecule has 0 aliphatic carbocycles. The molecule has 1 aromatic heterocycles. The molecule has 3 aromatic carbocycles. The van der Waals surface area contributed by atoms with E-state index in [9.17, 15) is 14.4 Å². The van der Waals surface area contributed by atoms with Gasteiger partial charge >= 0.3 is 0 Å². The number of carbonyl (C=O) groups is 3. The number of fused-ring (bicyclic) bond motifs is 1. The first kappa shape index (κ1) is 34.6. The van der Waals surface area contributed by atoms with E-state index < -0.39 is 17.6 Å². The number of nitrogens with two attached hydrogens (primary N) is 1. The van der Waals surface area contributed by atoms with E-state index in [4.69, 9.17) is 5.73 Å². The number of likely N-dealkylation sites (N-methyl/N-ethyl adjacent to an activating group) is 2. The number of hydrogen-bond acceptors (Lipinski definition) is 5. The fourth-order valence-electron chi connectivity index (χ4n) is 5.33. The fourth-order valence-corrected chi connectivity index (χ4v) is 6.07. The Labute approximate surface area is 277 Å². The first-order valence-electron chi connectivity index (χ1n) is 15.9. The van der Waals surface area contributed by atoms with E-state index in [-0.39, 0.29) is 17.7 Å². The van der Waals surface area contributed by atoms with Crippen LogP contribution in [0.4, 0.5) is 0 Å². The molecule has 8 heteroatoms. The average Bonchev–Trinajstić information content (AvgIpc) is 3.59.